The molecule has 2 nitrogen and oxygen atoms in total. The van der Waals surface area contributed by atoms with Gasteiger partial charge in [0.25, 0.3) is 0 Å². The maximum atomic E-state index is 6.02. The summed E-state index contributed by atoms with van der Waals surface area (Å²) < 4.78 is 11.2. The number of benzene rings is 3. The summed E-state index contributed by atoms with van der Waals surface area (Å²) in [6, 6.07) is 16.7. The lowest BCUT2D eigenvalue weighted by molar-refractivity contribution is 0.182. The molecule has 0 aliphatic heterocycles. The van der Waals surface area contributed by atoms with Crippen LogP contribution in [-0.2, 0) is 4.74 Å². The summed E-state index contributed by atoms with van der Waals surface area (Å²) in [5, 5.41) is 4.76. The van der Waals surface area contributed by atoms with Gasteiger partial charge in [0.2, 0.25) is 0 Å². The molecule has 0 fully saturated rings. The summed E-state index contributed by atoms with van der Waals surface area (Å²) in [4.78, 5) is 0. The Morgan fingerprint density at radius 1 is 0.857 bits per heavy atom. The van der Waals surface area contributed by atoms with Gasteiger partial charge in [-0.1, -0.05) is 55.1 Å². The minimum Gasteiger partial charge on any atom is -0.498 e. The fraction of sp³-hybridized carbons (Fsp3) is 0.158. The van der Waals surface area contributed by atoms with Crippen LogP contribution in [0.4, 0.5) is 0 Å². The maximum Gasteiger partial charge on any atom is 0.135 e. The zero-order chi connectivity index (χ0) is 14.7. The Bertz CT molecular complexity index is 733. The van der Waals surface area contributed by atoms with E-state index in [2.05, 4.69) is 49.9 Å². The molecule has 0 spiro atoms. The Kier molecular flexibility index (Phi) is 3.78. The van der Waals surface area contributed by atoms with Crippen LogP contribution in [0.15, 0.2) is 61.4 Å². The van der Waals surface area contributed by atoms with E-state index in [1.807, 2.05) is 12.1 Å². The lowest BCUT2D eigenvalue weighted by Crippen LogP contribution is -2.05. The first-order valence-electron chi connectivity index (χ1n) is 7.08. The van der Waals surface area contributed by atoms with Gasteiger partial charge in [-0.05, 0) is 23.3 Å². The van der Waals surface area contributed by atoms with Crippen molar-refractivity contribution in [1.29, 1.82) is 0 Å². The van der Waals surface area contributed by atoms with Gasteiger partial charge in [-0.25, -0.2) is 0 Å². The molecule has 0 saturated heterocycles. The monoisotopic (exact) mass is 278 g/mol. The van der Waals surface area contributed by atoms with Crippen molar-refractivity contribution in [2.45, 2.75) is 6.92 Å². The minimum atomic E-state index is 0.500. The molecule has 0 aliphatic carbocycles. The molecule has 2 heteroatoms. The molecule has 0 aromatic heterocycles. The molecule has 3 aromatic carbocycles. The van der Waals surface area contributed by atoms with E-state index >= 15 is 0 Å². The van der Waals surface area contributed by atoms with Crippen molar-refractivity contribution in [3.63, 3.8) is 0 Å². The van der Waals surface area contributed by atoms with Gasteiger partial charge < -0.3 is 9.47 Å². The predicted molar refractivity (Wildman–Crippen MR) is 87.8 cm³/mol. The van der Waals surface area contributed by atoms with Gasteiger partial charge >= 0.3 is 0 Å². The average Bonchev–Trinajstić information content (AvgIpc) is 2.54. The molecule has 0 unspecified atom stereocenters. The average molecular weight is 278 g/mol. The molecule has 0 heterocycles. The summed E-state index contributed by atoms with van der Waals surface area (Å²) in [6.45, 7) is 6.70. The number of hydrogen-bond donors (Lipinski definition) is 0. The van der Waals surface area contributed by atoms with Crippen LogP contribution in [-0.4, -0.2) is 13.2 Å². The Morgan fingerprint density at radius 2 is 1.38 bits per heavy atom. The van der Waals surface area contributed by atoms with E-state index in [0.29, 0.717) is 13.2 Å². The van der Waals surface area contributed by atoms with Crippen molar-refractivity contribution in [2.75, 3.05) is 13.2 Å². The number of hydrogen-bond acceptors (Lipinski definition) is 2. The van der Waals surface area contributed by atoms with Crippen LogP contribution in [0.2, 0.25) is 0 Å². The molecule has 0 N–H and O–H groups in total. The van der Waals surface area contributed by atoms with Crippen molar-refractivity contribution in [3.8, 4) is 5.75 Å². The summed E-state index contributed by atoms with van der Waals surface area (Å²) in [5.41, 5.74) is 1.29. The SMILES string of the molecule is C=COCCOc1c2ccccc2c(C)c2ccccc12. The van der Waals surface area contributed by atoms with E-state index in [-0.39, 0.29) is 0 Å². The molecule has 21 heavy (non-hydrogen) atoms. The zero-order valence-corrected chi connectivity index (χ0v) is 12.1. The summed E-state index contributed by atoms with van der Waals surface area (Å²) in [6.07, 6.45) is 1.44. The molecule has 106 valence electrons. The van der Waals surface area contributed by atoms with Crippen LogP contribution in [0.3, 0.4) is 0 Å². The van der Waals surface area contributed by atoms with Crippen molar-refractivity contribution in [2.24, 2.45) is 0 Å². The number of aryl methyl sites for hydroxylation is 1. The minimum absolute atomic E-state index is 0.500. The van der Waals surface area contributed by atoms with Crippen molar-refractivity contribution >= 4 is 21.5 Å². The predicted octanol–water partition coefficient (Wildman–Crippen LogP) is 4.84. The maximum absolute atomic E-state index is 6.02. The van der Waals surface area contributed by atoms with Gasteiger partial charge in [0.1, 0.15) is 19.0 Å². The fourth-order valence-electron chi connectivity index (χ4n) is 2.74. The van der Waals surface area contributed by atoms with Crippen LogP contribution < -0.4 is 4.74 Å². The van der Waals surface area contributed by atoms with Gasteiger partial charge in [-0.2, -0.15) is 0 Å². The van der Waals surface area contributed by atoms with E-state index < -0.39 is 0 Å². The normalized spacial score (nSPS) is 10.7. The Labute approximate surface area is 124 Å². The first-order chi connectivity index (χ1) is 10.3. The topological polar surface area (TPSA) is 18.5 Å². The van der Waals surface area contributed by atoms with E-state index in [1.54, 1.807) is 0 Å². The summed E-state index contributed by atoms with van der Waals surface area (Å²) >= 11 is 0. The molecular formula is C19H18O2. The third-order valence-electron chi connectivity index (χ3n) is 3.72. The van der Waals surface area contributed by atoms with E-state index in [0.717, 1.165) is 16.5 Å². The standard InChI is InChI=1S/C19H18O2/c1-3-20-12-13-21-19-17-10-6-4-8-15(17)14(2)16-9-5-7-11-18(16)19/h3-11H,1,12-13H2,2H3. The Morgan fingerprint density at radius 3 is 1.90 bits per heavy atom. The van der Waals surface area contributed by atoms with E-state index in [4.69, 9.17) is 9.47 Å². The van der Waals surface area contributed by atoms with E-state index in [9.17, 15) is 0 Å². The highest BCUT2D eigenvalue weighted by Crippen LogP contribution is 2.37. The second-order valence-electron chi connectivity index (χ2n) is 4.93. The lowest BCUT2D eigenvalue weighted by Gasteiger charge is -2.15. The van der Waals surface area contributed by atoms with Crippen LogP contribution in [0.1, 0.15) is 5.56 Å². The van der Waals surface area contributed by atoms with Crippen LogP contribution >= 0.6 is 0 Å². The Balaban J connectivity index is 2.17. The number of rotatable bonds is 5. The van der Waals surface area contributed by atoms with Crippen molar-refractivity contribution < 1.29 is 9.47 Å². The van der Waals surface area contributed by atoms with Crippen molar-refractivity contribution in [1.82, 2.24) is 0 Å². The number of ether oxygens (including phenoxy) is 2. The third-order valence-corrected chi connectivity index (χ3v) is 3.72. The first-order valence-corrected chi connectivity index (χ1v) is 7.08. The molecule has 0 atom stereocenters. The fourth-order valence-corrected chi connectivity index (χ4v) is 2.74. The van der Waals surface area contributed by atoms with Crippen molar-refractivity contribution in [3.05, 3.63) is 66.9 Å². The summed E-state index contributed by atoms with van der Waals surface area (Å²) in [5.74, 6) is 0.930. The molecule has 0 saturated carbocycles. The molecule has 0 aliphatic rings. The quantitative estimate of drug-likeness (QED) is 0.378. The highest BCUT2D eigenvalue weighted by Gasteiger charge is 2.11. The highest BCUT2D eigenvalue weighted by molar-refractivity contribution is 6.08. The molecule has 0 bridgehead atoms. The highest BCUT2D eigenvalue weighted by atomic mass is 16.5. The lowest BCUT2D eigenvalue weighted by atomic mass is 9.96. The second kappa shape index (κ2) is 5.88. The molecular weight excluding hydrogens is 260 g/mol. The second-order valence-corrected chi connectivity index (χ2v) is 4.93. The molecule has 3 rings (SSSR count). The van der Waals surface area contributed by atoms with Gasteiger partial charge in [0, 0.05) is 10.8 Å². The van der Waals surface area contributed by atoms with Gasteiger partial charge in [-0.3, -0.25) is 0 Å². The van der Waals surface area contributed by atoms with Gasteiger partial charge in [-0.15, -0.1) is 0 Å². The number of fused-ring (bicyclic) bond motifs is 2. The molecule has 3 aromatic rings. The van der Waals surface area contributed by atoms with Crippen LogP contribution in [0.5, 0.6) is 5.75 Å². The Hall–Kier alpha value is -2.48. The third kappa shape index (κ3) is 2.45. The van der Waals surface area contributed by atoms with Crippen LogP contribution in [0.25, 0.3) is 21.5 Å². The van der Waals surface area contributed by atoms with E-state index in [1.165, 1.54) is 22.6 Å². The molecule has 0 radical (unpaired) electrons. The largest absolute Gasteiger partial charge is 0.498 e. The van der Waals surface area contributed by atoms with Gasteiger partial charge in [0.15, 0.2) is 0 Å². The van der Waals surface area contributed by atoms with Gasteiger partial charge in [0.05, 0.1) is 6.26 Å². The zero-order valence-electron chi connectivity index (χ0n) is 12.1. The smallest absolute Gasteiger partial charge is 0.135 e. The molecule has 0 amide bonds. The first kappa shape index (κ1) is 13.5. The van der Waals surface area contributed by atoms with Crippen LogP contribution in [0, 0.1) is 6.92 Å². The summed E-state index contributed by atoms with van der Waals surface area (Å²) in [7, 11) is 0.